The van der Waals surface area contributed by atoms with Crippen LogP contribution in [-0.4, -0.2) is 13.1 Å². The lowest BCUT2D eigenvalue weighted by atomic mass is 10.1. The zero-order valence-electron chi connectivity index (χ0n) is 13.1. The Labute approximate surface area is 138 Å². The monoisotopic (exact) mass is 314 g/mol. The Bertz CT molecular complexity index is 633. The van der Waals surface area contributed by atoms with E-state index >= 15 is 0 Å². The molecule has 0 unspecified atom stereocenters. The summed E-state index contributed by atoms with van der Waals surface area (Å²) in [6.45, 7) is 5.21. The lowest BCUT2D eigenvalue weighted by Crippen LogP contribution is -2.29. The smallest absolute Gasteiger partial charge is 0.0660 e. The van der Waals surface area contributed by atoms with Crippen molar-refractivity contribution in [2.24, 2.45) is 0 Å². The first-order chi connectivity index (χ1) is 10.7. The van der Waals surface area contributed by atoms with Crippen molar-refractivity contribution in [2.75, 3.05) is 23.3 Å². The molecule has 0 atom stereocenters. The minimum atomic E-state index is 0.825. The Morgan fingerprint density at radius 2 is 1.82 bits per heavy atom. The summed E-state index contributed by atoms with van der Waals surface area (Å²) in [5, 5.41) is 4.31. The van der Waals surface area contributed by atoms with Crippen LogP contribution in [-0.2, 0) is 6.54 Å². The Kier molecular flexibility index (Phi) is 4.89. The molecule has 1 N–H and O–H groups in total. The fourth-order valence-corrected chi connectivity index (χ4v) is 3.31. The van der Waals surface area contributed by atoms with Crippen LogP contribution in [0.4, 0.5) is 11.4 Å². The molecule has 22 heavy (non-hydrogen) atoms. The molecule has 3 heteroatoms. The molecule has 0 radical (unpaired) electrons. The van der Waals surface area contributed by atoms with E-state index in [0.29, 0.717) is 0 Å². The third kappa shape index (κ3) is 3.56. The number of aryl methyl sites for hydroxylation is 1. The van der Waals surface area contributed by atoms with Crippen LogP contribution in [0.1, 0.15) is 30.4 Å². The average molecular weight is 315 g/mol. The van der Waals surface area contributed by atoms with Gasteiger partial charge in [-0.05, 0) is 55.5 Å². The van der Waals surface area contributed by atoms with Crippen molar-refractivity contribution < 1.29 is 0 Å². The quantitative estimate of drug-likeness (QED) is 0.829. The maximum Gasteiger partial charge on any atom is 0.0660 e. The van der Waals surface area contributed by atoms with Crippen molar-refractivity contribution in [3.8, 4) is 0 Å². The van der Waals surface area contributed by atoms with Gasteiger partial charge in [-0.2, -0.15) is 0 Å². The number of rotatable bonds is 4. The van der Waals surface area contributed by atoms with E-state index < -0.39 is 0 Å². The summed E-state index contributed by atoms with van der Waals surface area (Å²) in [6, 6.07) is 14.8. The molecule has 116 valence electrons. The molecule has 0 amide bonds. The average Bonchev–Trinajstić information content (AvgIpc) is 2.55. The minimum Gasteiger partial charge on any atom is -0.381 e. The number of benzene rings is 2. The van der Waals surface area contributed by atoms with Gasteiger partial charge >= 0.3 is 0 Å². The number of piperidine rings is 1. The molecule has 1 aliphatic rings. The van der Waals surface area contributed by atoms with Crippen molar-refractivity contribution in [2.45, 2.75) is 32.7 Å². The van der Waals surface area contributed by atoms with Gasteiger partial charge < -0.3 is 10.2 Å². The van der Waals surface area contributed by atoms with E-state index in [1.165, 1.54) is 36.1 Å². The van der Waals surface area contributed by atoms with Gasteiger partial charge in [0.05, 0.1) is 10.7 Å². The highest BCUT2D eigenvalue weighted by molar-refractivity contribution is 6.33. The molecule has 2 aromatic rings. The van der Waals surface area contributed by atoms with E-state index in [-0.39, 0.29) is 0 Å². The highest BCUT2D eigenvalue weighted by Gasteiger charge is 2.14. The summed E-state index contributed by atoms with van der Waals surface area (Å²) in [4.78, 5) is 2.40. The Morgan fingerprint density at radius 3 is 2.55 bits per heavy atom. The molecule has 2 nitrogen and oxygen atoms in total. The van der Waals surface area contributed by atoms with Gasteiger partial charge in [0.1, 0.15) is 0 Å². The van der Waals surface area contributed by atoms with Crippen LogP contribution in [0.3, 0.4) is 0 Å². The molecular weight excluding hydrogens is 292 g/mol. The zero-order valence-corrected chi connectivity index (χ0v) is 13.9. The van der Waals surface area contributed by atoms with E-state index in [2.05, 4.69) is 53.5 Å². The number of hydrogen-bond acceptors (Lipinski definition) is 2. The predicted octanol–water partition coefficient (Wildman–Crippen LogP) is 5.25. The lowest BCUT2D eigenvalue weighted by molar-refractivity contribution is 0.578. The van der Waals surface area contributed by atoms with Crippen molar-refractivity contribution in [3.05, 3.63) is 58.6 Å². The van der Waals surface area contributed by atoms with E-state index in [1.807, 2.05) is 6.07 Å². The summed E-state index contributed by atoms with van der Waals surface area (Å²) in [6.07, 6.45) is 3.87. The van der Waals surface area contributed by atoms with E-state index in [1.54, 1.807) is 0 Å². The number of anilines is 2. The van der Waals surface area contributed by atoms with Crippen LogP contribution >= 0.6 is 11.6 Å². The first-order valence-electron chi connectivity index (χ1n) is 8.07. The summed E-state index contributed by atoms with van der Waals surface area (Å²) in [7, 11) is 0. The molecular formula is C19H23ClN2. The summed E-state index contributed by atoms with van der Waals surface area (Å²) < 4.78 is 0. The molecule has 2 aromatic carbocycles. The Balaban J connectivity index is 1.68. The molecule has 1 saturated heterocycles. The third-order valence-corrected chi connectivity index (χ3v) is 4.69. The minimum absolute atomic E-state index is 0.825. The summed E-state index contributed by atoms with van der Waals surface area (Å²) in [5.74, 6) is 0. The van der Waals surface area contributed by atoms with Gasteiger partial charge in [0.2, 0.25) is 0 Å². The van der Waals surface area contributed by atoms with Gasteiger partial charge in [0.25, 0.3) is 0 Å². The maximum atomic E-state index is 6.49. The maximum absolute atomic E-state index is 6.49. The standard InChI is InChI=1S/C19H23ClN2/c1-15-7-3-4-8-16(15)14-21-17-9-10-19(18(20)13-17)22-11-5-2-6-12-22/h3-4,7-10,13,21H,2,5-6,11-12,14H2,1H3. The normalized spacial score (nSPS) is 14.9. The highest BCUT2D eigenvalue weighted by Crippen LogP contribution is 2.31. The van der Waals surface area contributed by atoms with Crippen LogP contribution in [0.15, 0.2) is 42.5 Å². The fraction of sp³-hybridized carbons (Fsp3) is 0.368. The molecule has 0 aliphatic carbocycles. The van der Waals surface area contributed by atoms with Crippen molar-refractivity contribution in [1.29, 1.82) is 0 Å². The van der Waals surface area contributed by atoms with E-state index in [0.717, 1.165) is 30.3 Å². The van der Waals surface area contributed by atoms with Crippen molar-refractivity contribution >= 4 is 23.0 Å². The second-order valence-corrected chi connectivity index (χ2v) is 6.40. The van der Waals surface area contributed by atoms with Crippen LogP contribution in [0.5, 0.6) is 0 Å². The topological polar surface area (TPSA) is 15.3 Å². The molecule has 0 bridgehead atoms. The molecule has 0 aromatic heterocycles. The molecule has 0 saturated carbocycles. The molecule has 1 aliphatic heterocycles. The van der Waals surface area contributed by atoms with Gasteiger partial charge in [0.15, 0.2) is 0 Å². The summed E-state index contributed by atoms with van der Waals surface area (Å²) in [5.41, 5.74) is 4.88. The zero-order chi connectivity index (χ0) is 15.4. The first kappa shape index (κ1) is 15.2. The van der Waals surface area contributed by atoms with Crippen molar-refractivity contribution in [1.82, 2.24) is 0 Å². The Morgan fingerprint density at radius 1 is 1.05 bits per heavy atom. The van der Waals surface area contributed by atoms with Gasteiger partial charge in [-0.25, -0.2) is 0 Å². The lowest BCUT2D eigenvalue weighted by Gasteiger charge is -2.29. The summed E-state index contributed by atoms with van der Waals surface area (Å²) >= 11 is 6.49. The van der Waals surface area contributed by atoms with Gasteiger partial charge in [-0.3, -0.25) is 0 Å². The largest absolute Gasteiger partial charge is 0.381 e. The van der Waals surface area contributed by atoms with Gasteiger partial charge in [-0.1, -0.05) is 35.9 Å². The van der Waals surface area contributed by atoms with Crippen LogP contribution in [0.25, 0.3) is 0 Å². The number of hydrogen-bond donors (Lipinski definition) is 1. The molecule has 0 spiro atoms. The van der Waals surface area contributed by atoms with Gasteiger partial charge in [0, 0.05) is 25.3 Å². The second-order valence-electron chi connectivity index (χ2n) is 5.99. The Hall–Kier alpha value is -1.67. The number of nitrogens with one attached hydrogen (secondary N) is 1. The fourth-order valence-electron chi connectivity index (χ4n) is 3.01. The van der Waals surface area contributed by atoms with Crippen LogP contribution in [0.2, 0.25) is 5.02 Å². The first-order valence-corrected chi connectivity index (χ1v) is 8.45. The van der Waals surface area contributed by atoms with Crippen molar-refractivity contribution in [3.63, 3.8) is 0 Å². The predicted molar refractivity (Wildman–Crippen MR) is 96.0 cm³/mol. The highest BCUT2D eigenvalue weighted by atomic mass is 35.5. The molecule has 3 rings (SSSR count). The number of nitrogens with zero attached hydrogens (tertiary/aromatic N) is 1. The molecule has 1 heterocycles. The van der Waals surface area contributed by atoms with E-state index in [9.17, 15) is 0 Å². The van der Waals surface area contributed by atoms with E-state index in [4.69, 9.17) is 11.6 Å². The van der Waals surface area contributed by atoms with Crippen LogP contribution < -0.4 is 10.2 Å². The SMILES string of the molecule is Cc1ccccc1CNc1ccc(N2CCCCC2)c(Cl)c1. The third-order valence-electron chi connectivity index (χ3n) is 4.39. The second kappa shape index (κ2) is 7.06. The molecule has 1 fully saturated rings. The van der Waals surface area contributed by atoms with Crippen LogP contribution in [0, 0.1) is 6.92 Å². The van der Waals surface area contributed by atoms with Gasteiger partial charge in [-0.15, -0.1) is 0 Å². The number of halogens is 1.